The molecule has 0 aliphatic carbocycles. The third kappa shape index (κ3) is 11.4. The molecular formula is C40H50F6N10O5. The van der Waals surface area contributed by atoms with Gasteiger partial charge in [0, 0.05) is 89.9 Å². The van der Waals surface area contributed by atoms with E-state index < -0.39 is 35.6 Å². The molecule has 6 amide bonds. The predicted octanol–water partition coefficient (Wildman–Crippen LogP) is 5.68. The molecule has 3 aromatic rings. The van der Waals surface area contributed by atoms with Gasteiger partial charge < -0.3 is 20.2 Å². The van der Waals surface area contributed by atoms with Crippen LogP contribution in [0.2, 0.25) is 0 Å². The number of hydrogen-bond acceptors (Lipinski definition) is 9. The number of hydrazine groups is 1. The number of piperazine rings is 2. The second-order valence-corrected chi connectivity index (χ2v) is 14.7. The second-order valence-electron chi connectivity index (χ2n) is 14.7. The minimum absolute atomic E-state index is 0.130. The molecule has 4 N–H and O–H groups in total. The van der Waals surface area contributed by atoms with Gasteiger partial charge in [-0.15, -0.1) is 0 Å². The lowest BCUT2D eigenvalue weighted by Gasteiger charge is -2.35. The molecule has 2 aromatic heterocycles. The van der Waals surface area contributed by atoms with Gasteiger partial charge in [-0.2, -0.15) is 26.3 Å². The van der Waals surface area contributed by atoms with Crippen LogP contribution >= 0.6 is 0 Å². The summed E-state index contributed by atoms with van der Waals surface area (Å²) in [4.78, 5) is 67.3. The summed E-state index contributed by atoms with van der Waals surface area (Å²) in [5.74, 6) is -0.159. The quantitative estimate of drug-likeness (QED) is 0.125. The highest BCUT2D eigenvalue weighted by atomic mass is 19.4. The van der Waals surface area contributed by atoms with Crippen molar-refractivity contribution in [2.45, 2.75) is 64.0 Å². The Bertz CT molecular complexity index is 1920. The lowest BCUT2D eigenvalue weighted by Crippen LogP contribution is -2.53. The molecule has 332 valence electrons. The number of nitrogens with zero attached hydrogens (tertiary/aromatic N) is 7. The summed E-state index contributed by atoms with van der Waals surface area (Å²) in [7, 11) is 0. The number of nitrogens with one attached hydrogen (secondary N) is 3. The first kappa shape index (κ1) is 46.5. The van der Waals surface area contributed by atoms with Crippen LogP contribution < -0.4 is 16.0 Å². The van der Waals surface area contributed by atoms with E-state index in [-0.39, 0.29) is 61.7 Å². The Kier molecular flexibility index (Phi) is 15.5. The summed E-state index contributed by atoms with van der Waals surface area (Å²) >= 11 is 0. The maximum atomic E-state index is 13.7. The third-order valence-corrected chi connectivity index (χ3v) is 10.4. The number of rotatable bonds is 13. The van der Waals surface area contributed by atoms with Crippen molar-refractivity contribution in [1.29, 1.82) is 0 Å². The molecule has 0 radical (unpaired) electrons. The zero-order valence-corrected chi connectivity index (χ0v) is 33.9. The molecule has 2 fully saturated rings. The summed E-state index contributed by atoms with van der Waals surface area (Å²) in [6.45, 7) is 8.34. The van der Waals surface area contributed by atoms with Crippen molar-refractivity contribution in [3.8, 4) is 0 Å². The number of unbranched alkanes of at least 4 members (excludes halogenated alkanes) is 2. The number of pyridine rings is 2. The van der Waals surface area contributed by atoms with Gasteiger partial charge in [-0.3, -0.25) is 25.1 Å². The van der Waals surface area contributed by atoms with Gasteiger partial charge in [0.05, 0.1) is 11.1 Å². The second kappa shape index (κ2) is 20.3. The standard InChI is InChI=1S/C40H50F6N10O5/c1-3-5-17-55(36(59)50-32-13-9-29(25-48-32)34(57)53-19-15-47-16-20-53)56(18-6-4-2)37(60)51-33-14-10-30(26-49-33)35(58)54-23-21-52(22-24-54)27-28-7-11-31(12-8-28)38(61,39(41,42)43)40(44,45)46/h7-14,25-26,47,61H,3-6,15-24,27H2,1-2H3,(H,48,50,59)(H,49,51,60). The number of urea groups is 2. The van der Waals surface area contributed by atoms with Crippen molar-refractivity contribution in [2.75, 3.05) is 76.1 Å². The molecule has 61 heavy (non-hydrogen) atoms. The molecule has 5 rings (SSSR count). The fourth-order valence-corrected chi connectivity index (χ4v) is 6.76. The van der Waals surface area contributed by atoms with Crippen LogP contribution in [0.25, 0.3) is 0 Å². The van der Waals surface area contributed by atoms with E-state index in [0.717, 1.165) is 25.0 Å². The maximum absolute atomic E-state index is 13.7. The lowest BCUT2D eigenvalue weighted by atomic mass is 9.91. The van der Waals surface area contributed by atoms with Crippen molar-refractivity contribution in [1.82, 2.24) is 40.0 Å². The Morgan fingerprint density at radius 2 is 1.11 bits per heavy atom. The summed E-state index contributed by atoms with van der Waals surface area (Å²) in [6.07, 6.45) is -6.59. The number of anilines is 2. The number of alkyl halides is 6. The molecule has 0 bridgehead atoms. The highest BCUT2D eigenvalue weighted by Gasteiger charge is 2.71. The van der Waals surface area contributed by atoms with Crippen LogP contribution in [0.3, 0.4) is 0 Å². The van der Waals surface area contributed by atoms with E-state index in [2.05, 4.69) is 25.9 Å². The van der Waals surface area contributed by atoms with E-state index in [1.807, 2.05) is 18.7 Å². The zero-order valence-electron chi connectivity index (χ0n) is 33.9. The largest absolute Gasteiger partial charge is 0.430 e. The number of aliphatic hydroxyl groups is 1. The fourth-order valence-electron chi connectivity index (χ4n) is 6.76. The first-order valence-corrected chi connectivity index (χ1v) is 20.0. The van der Waals surface area contributed by atoms with E-state index in [1.165, 1.54) is 40.6 Å². The van der Waals surface area contributed by atoms with Crippen LogP contribution in [0.15, 0.2) is 60.9 Å². The van der Waals surface area contributed by atoms with E-state index >= 15 is 0 Å². The molecular weight excluding hydrogens is 814 g/mol. The topological polar surface area (TPSA) is 167 Å². The number of carbonyl (C=O) groups excluding carboxylic acids is 4. The number of carbonyl (C=O) groups is 4. The van der Waals surface area contributed by atoms with Gasteiger partial charge >= 0.3 is 24.4 Å². The summed E-state index contributed by atoms with van der Waals surface area (Å²) in [5.41, 5.74) is -5.29. The Morgan fingerprint density at radius 1 is 0.672 bits per heavy atom. The van der Waals surface area contributed by atoms with Crippen molar-refractivity contribution < 1.29 is 50.6 Å². The van der Waals surface area contributed by atoms with Crippen LogP contribution in [0.1, 0.15) is 71.4 Å². The fraction of sp³-hybridized carbons (Fsp3) is 0.500. The van der Waals surface area contributed by atoms with Crippen LogP contribution in [-0.2, 0) is 12.1 Å². The van der Waals surface area contributed by atoms with E-state index in [0.29, 0.717) is 75.4 Å². The third-order valence-electron chi connectivity index (χ3n) is 10.4. The van der Waals surface area contributed by atoms with E-state index in [1.54, 1.807) is 15.9 Å². The highest BCUT2D eigenvalue weighted by molar-refractivity contribution is 5.96. The first-order valence-electron chi connectivity index (χ1n) is 20.0. The van der Waals surface area contributed by atoms with Crippen LogP contribution in [0, 0.1) is 0 Å². The smallest absolute Gasteiger partial charge is 0.369 e. The Hall–Kier alpha value is -5.54. The molecule has 1 aromatic carbocycles. The van der Waals surface area contributed by atoms with Crippen LogP contribution in [0.4, 0.5) is 47.6 Å². The molecule has 2 aliphatic rings. The van der Waals surface area contributed by atoms with E-state index in [9.17, 15) is 50.6 Å². The van der Waals surface area contributed by atoms with Gasteiger partial charge in [-0.05, 0) is 42.7 Å². The normalized spacial score (nSPS) is 15.3. The zero-order chi connectivity index (χ0) is 44.4. The Labute approximate surface area is 349 Å². The molecule has 0 atom stereocenters. The minimum atomic E-state index is -5.98. The number of amides is 6. The van der Waals surface area contributed by atoms with Gasteiger partial charge in [-0.1, -0.05) is 51.0 Å². The SMILES string of the molecule is CCCCN(C(=O)Nc1ccc(C(=O)N2CCNCC2)cn1)N(CCCC)C(=O)Nc1ccc(C(=O)N2CCN(Cc3ccc(C(O)(C(F)(F)F)C(F)(F)F)cc3)CC2)cn1. The summed E-state index contributed by atoms with van der Waals surface area (Å²) < 4.78 is 79.6. The first-order chi connectivity index (χ1) is 29.0. The number of hydrogen-bond donors (Lipinski definition) is 4. The summed E-state index contributed by atoms with van der Waals surface area (Å²) in [6, 6.07) is 8.28. The predicted molar refractivity (Wildman–Crippen MR) is 212 cm³/mol. The van der Waals surface area contributed by atoms with E-state index in [4.69, 9.17) is 0 Å². The highest BCUT2D eigenvalue weighted by Crippen LogP contribution is 2.50. The molecule has 15 nitrogen and oxygen atoms in total. The van der Waals surface area contributed by atoms with Crippen molar-refractivity contribution in [2.24, 2.45) is 0 Å². The lowest BCUT2D eigenvalue weighted by molar-refractivity contribution is -0.376. The average Bonchev–Trinajstić information content (AvgIpc) is 3.24. The van der Waals surface area contributed by atoms with Crippen molar-refractivity contribution >= 4 is 35.5 Å². The Balaban J connectivity index is 1.16. The monoisotopic (exact) mass is 864 g/mol. The molecule has 21 heteroatoms. The number of benzene rings is 1. The van der Waals surface area contributed by atoms with Crippen LogP contribution in [-0.4, -0.2) is 141 Å². The summed E-state index contributed by atoms with van der Waals surface area (Å²) in [5, 5.41) is 20.9. The maximum Gasteiger partial charge on any atom is 0.430 e. The minimum Gasteiger partial charge on any atom is -0.369 e. The van der Waals surface area contributed by atoms with Crippen molar-refractivity contribution in [3.63, 3.8) is 0 Å². The van der Waals surface area contributed by atoms with Gasteiger partial charge in [0.1, 0.15) is 11.6 Å². The van der Waals surface area contributed by atoms with Crippen LogP contribution in [0.5, 0.6) is 0 Å². The average molecular weight is 865 g/mol. The molecule has 0 unspecified atom stereocenters. The van der Waals surface area contributed by atoms with Gasteiger partial charge in [0.2, 0.25) is 0 Å². The molecule has 0 spiro atoms. The van der Waals surface area contributed by atoms with Gasteiger partial charge in [0.25, 0.3) is 17.4 Å². The van der Waals surface area contributed by atoms with Gasteiger partial charge in [0.15, 0.2) is 0 Å². The Morgan fingerprint density at radius 3 is 1.51 bits per heavy atom. The molecule has 2 aliphatic heterocycles. The molecule has 0 saturated carbocycles. The number of halogens is 6. The van der Waals surface area contributed by atoms with Gasteiger partial charge in [-0.25, -0.2) is 29.6 Å². The van der Waals surface area contributed by atoms with Crippen molar-refractivity contribution in [3.05, 3.63) is 83.2 Å². The number of aromatic nitrogens is 2. The molecule has 2 saturated heterocycles. The molecule has 4 heterocycles.